The molecule has 3 rings (SSSR count). The van der Waals surface area contributed by atoms with E-state index >= 15 is 0 Å². The molecule has 0 saturated heterocycles. The molecule has 28 heavy (non-hydrogen) atoms. The first-order chi connectivity index (χ1) is 13.3. The number of nitriles is 1. The first-order valence-electron chi connectivity index (χ1n) is 9.25. The molecule has 0 bridgehead atoms. The quantitative estimate of drug-likeness (QED) is 0.602. The SMILES string of the molecule is COCCCOc1cc2c(nc1Cl)-c1[nH]c(=O)c(C#N)cc1C(C(C)(C)C)C2. The van der Waals surface area contributed by atoms with Crippen molar-refractivity contribution in [1.29, 1.82) is 5.26 Å². The van der Waals surface area contributed by atoms with Gasteiger partial charge in [-0.3, -0.25) is 4.79 Å². The zero-order valence-electron chi connectivity index (χ0n) is 16.6. The van der Waals surface area contributed by atoms with Gasteiger partial charge in [-0.05, 0) is 41.0 Å². The highest BCUT2D eigenvalue weighted by Crippen LogP contribution is 2.47. The minimum Gasteiger partial charge on any atom is -0.490 e. The highest BCUT2D eigenvalue weighted by Gasteiger charge is 2.35. The van der Waals surface area contributed by atoms with Gasteiger partial charge in [-0.15, -0.1) is 0 Å². The monoisotopic (exact) mass is 401 g/mol. The lowest BCUT2D eigenvalue weighted by Crippen LogP contribution is -2.27. The minimum absolute atomic E-state index is 0.0729. The van der Waals surface area contributed by atoms with Gasteiger partial charge in [0.1, 0.15) is 11.6 Å². The van der Waals surface area contributed by atoms with Crippen LogP contribution < -0.4 is 10.3 Å². The predicted molar refractivity (Wildman–Crippen MR) is 108 cm³/mol. The van der Waals surface area contributed by atoms with Gasteiger partial charge in [-0.2, -0.15) is 5.26 Å². The number of hydrogen-bond acceptors (Lipinski definition) is 5. The number of nitrogens with one attached hydrogen (secondary N) is 1. The van der Waals surface area contributed by atoms with Crippen molar-refractivity contribution in [3.63, 3.8) is 0 Å². The summed E-state index contributed by atoms with van der Waals surface area (Å²) in [7, 11) is 1.65. The maximum Gasteiger partial charge on any atom is 0.266 e. The van der Waals surface area contributed by atoms with Gasteiger partial charge in [0.2, 0.25) is 0 Å². The molecule has 1 unspecified atom stereocenters. The summed E-state index contributed by atoms with van der Waals surface area (Å²) < 4.78 is 10.8. The molecule has 2 aromatic rings. The molecule has 1 aliphatic rings. The number of aromatic nitrogens is 2. The van der Waals surface area contributed by atoms with Gasteiger partial charge in [-0.1, -0.05) is 32.4 Å². The molecule has 6 nitrogen and oxygen atoms in total. The van der Waals surface area contributed by atoms with Gasteiger partial charge in [0.15, 0.2) is 10.9 Å². The van der Waals surface area contributed by atoms with Crippen LogP contribution in [0.4, 0.5) is 0 Å². The number of hydrogen-bond donors (Lipinski definition) is 1. The molecule has 2 heterocycles. The number of ether oxygens (including phenoxy) is 2. The minimum atomic E-state index is -0.417. The Morgan fingerprint density at radius 1 is 1.36 bits per heavy atom. The van der Waals surface area contributed by atoms with Crippen LogP contribution in [0.3, 0.4) is 0 Å². The molecule has 7 heteroatoms. The molecule has 148 valence electrons. The Balaban J connectivity index is 2.09. The van der Waals surface area contributed by atoms with Gasteiger partial charge in [0, 0.05) is 20.1 Å². The summed E-state index contributed by atoms with van der Waals surface area (Å²) in [4.78, 5) is 19.6. The topological polar surface area (TPSA) is 88.0 Å². The Labute approximate surface area is 169 Å². The lowest BCUT2D eigenvalue weighted by molar-refractivity contribution is 0.172. The van der Waals surface area contributed by atoms with E-state index in [0.29, 0.717) is 30.4 Å². The normalized spacial score (nSPS) is 15.5. The largest absolute Gasteiger partial charge is 0.490 e. The maximum absolute atomic E-state index is 12.3. The van der Waals surface area contributed by atoms with E-state index in [0.717, 1.165) is 24.0 Å². The Hall–Kier alpha value is -2.36. The summed E-state index contributed by atoms with van der Waals surface area (Å²) in [5.41, 5.74) is 2.80. The molecule has 0 fully saturated rings. The predicted octanol–water partition coefficient (Wildman–Crippen LogP) is 4.06. The highest BCUT2D eigenvalue weighted by molar-refractivity contribution is 6.31. The number of H-pyrrole nitrogens is 1. The average molecular weight is 402 g/mol. The summed E-state index contributed by atoms with van der Waals surface area (Å²) in [6.45, 7) is 7.53. The number of pyridine rings is 2. The average Bonchev–Trinajstić information content (AvgIpc) is 2.64. The Bertz CT molecular complexity index is 986. The van der Waals surface area contributed by atoms with E-state index < -0.39 is 5.56 Å². The number of rotatable bonds is 5. The number of aromatic amines is 1. The first-order valence-corrected chi connectivity index (χ1v) is 9.63. The fourth-order valence-electron chi connectivity index (χ4n) is 3.57. The summed E-state index contributed by atoms with van der Waals surface area (Å²) in [6.07, 6.45) is 1.48. The maximum atomic E-state index is 12.3. The van der Waals surface area contributed by atoms with Gasteiger partial charge >= 0.3 is 0 Å². The van der Waals surface area contributed by atoms with Crippen LogP contribution in [0.1, 0.15) is 49.8 Å². The van der Waals surface area contributed by atoms with Crippen LogP contribution in [0.5, 0.6) is 5.75 Å². The molecule has 0 spiro atoms. The molecule has 2 aromatic heterocycles. The number of methoxy groups -OCH3 is 1. The van der Waals surface area contributed by atoms with Gasteiger partial charge in [-0.25, -0.2) is 4.98 Å². The van der Waals surface area contributed by atoms with Crippen LogP contribution in [0.25, 0.3) is 11.4 Å². The molecule has 0 aromatic carbocycles. The lowest BCUT2D eigenvalue weighted by atomic mass is 9.69. The lowest BCUT2D eigenvalue weighted by Gasteiger charge is -2.36. The molecule has 0 radical (unpaired) electrons. The molecular formula is C21H24ClN3O3. The van der Waals surface area contributed by atoms with Crippen molar-refractivity contribution in [2.24, 2.45) is 5.41 Å². The van der Waals surface area contributed by atoms with Crippen LogP contribution in [0.15, 0.2) is 16.9 Å². The number of nitrogens with zero attached hydrogens (tertiary/aromatic N) is 2. The third kappa shape index (κ3) is 3.91. The molecule has 0 saturated carbocycles. The fourth-order valence-corrected chi connectivity index (χ4v) is 3.77. The van der Waals surface area contributed by atoms with Crippen molar-refractivity contribution in [1.82, 2.24) is 9.97 Å². The second-order valence-corrected chi connectivity index (χ2v) is 8.41. The van der Waals surface area contributed by atoms with E-state index in [1.54, 1.807) is 13.2 Å². The van der Waals surface area contributed by atoms with E-state index in [2.05, 4.69) is 30.7 Å². The number of halogens is 1. The summed E-state index contributed by atoms with van der Waals surface area (Å²) in [5, 5.41) is 9.52. The molecule has 1 atom stereocenters. The summed E-state index contributed by atoms with van der Waals surface area (Å²) >= 11 is 6.35. The second kappa shape index (κ2) is 7.94. The number of fused-ring (bicyclic) bond motifs is 3. The van der Waals surface area contributed by atoms with E-state index in [-0.39, 0.29) is 22.0 Å². The van der Waals surface area contributed by atoms with Crippen molar-refractivity contribution in [2.45, 2.75) is 39.5 Å². The summed E-state index contributed by atoms with van der Waals surface area (Å²) in [6, 6.07) is 5.58. The standard InChI is InChI=1S/C21H24ClN3O3/c1-21(2,3)15-9-12-10-16(28-7-5-6-27-4)19(22)24-17(12)18-14(15)8-13(11-23)20(26)25-18/h8,10,15H,5-7,9H2,1-4H3,(H,25,26). The zero-order valence-corrected chi connectivity index (χ0v) is 17.3. The third-order valence-electron chi connectivity index (χ3n) is 5.05. The fraction of sp³-hybridized carbons (Fsp3) is 0.476. The van der Waals surface area contributed by atoms with Crippen LogP contribution >= 0.6 is 11.6 Å². The van der Waals surface area contributed by atoms with Crippen LogP contribution in [0, 0.1) is 16.7 Å². The molecule has 1 aliphatic carbocycles. The molecule has 0 amide bonds. The van der Waals surface area contributed by atoms with Crippen molar-refractivity contribution in [2.75, 3.05) is 20.3 Å². The molecule has 0 aliphatic heterocycles. The highest BCUT2D eigenvalue weighted by atomic mass is 35.5. The summed E-state index contributed by atoms with van der Waals surface area (Å²) in [5.74, 6) is 0.645. The van der Waals surface area contributed by atoms with E-state index in [1.165, 1.54) is 0 Å². The van der Waals surface area contributed by atoms with Gasteiger partial charge < -0.3 is 14.5 Å². The van der Waals surface area contributed by atoms with Gasteiger partial charge in [0.05, 0.1) is 18.0 Å². The van der Waals surface area contributed by atoms with E-state index in [1.807, 2.05) is 12.1 Å². The van der Waals surface area contributed by atoms with Crippen LogP contribution in [-0.2, 0) is 11.2 Å². The van der Waals surface area contributed by atoms with Crippen LogP contribution in [-0.4, -0.2) is 30.3 Å². The molecular weight excluding hydrogens is 378 g/mol. The van der Waals surface area contributed by atoms with Crippen molar-refractivity contribution < 1.29 is 9.47 Å². The Kier molecular flexibility index (Phi) is 5.78. The van der Waals surface area contributed by atoms with Crippen LogP contribution in [0.2, 0.25) is 5.15 Å². The smallest absolute Gasteiger partial charge is 0.266 e. The van der Waals surface area contributed by atoms with E-state index in [9.17, 15) is 10.1 Å². The van der Waals surface area contributed by atoms with E-state index in [4.69, 9.17) is 21.1 Å². The van der Waals surface area contributed by atoms with Gasteiger partial charge in [0.25, 0.3) is 5.56 Å². The molecule has 1 N–H and O–H groups in total. The third-order valence-corrected chi connectivity index (χ3v) is 5.32. The second-order valence-electron chi connectivity index (χ2n) is 8.06. The zero-order chi connectivity index (χ0) is 20.5. The van der Waals surface area contributed by atoms with Crippen molar-refractivity contribution in [3.05, 3.63) is 44.3 Å². The Morgan fingerprint density at radius 3 is 2.75 bits per heavy atom. The van der Waals surface area contributed by atoms with Crippen molar-refractivity contribution in [3.8, 4) is 23.2 Å². The van der Waals surface area contributed by atoms with Crippen molar-refractivity contribution >= 4 is 11.6 Å². The Morgan fingerprint density at radius 2 is 2.11 bits per heavy atom. The first kappa shape index (κ1) is 20.4.